The number of carbonyl (C=O) groups excluding carboxylic acids is 2. The lowest BCUT2D eigenvalue weighted by Gasteiger charge is -2.23. The van der Waals surface area contributed by atoms with Crippen molar-refractivity contribution < 1.29 is 23.8 Å². The molecule has 2 amide bonds. The Hall–Kier alpha value is -2.03. The number of hydrogen-bond donors (Lipinski definition) is 2. The lowest BCUT2D eigenvalue weighted by atomic mass is 10.2. The first-order chi connectivity index (χ1) is 12.2. The highest BCUT2D eigenvalue weighted by Crippen LogP contribution is 2.17. The van der Waals surface area contributed by atoms with Crippen molar-refractivity contribution in [1.29, 1.82) is 0 Å². The van der Waals surface area contributed by atoms with Gasteiger partial charge in [0, 0.05) is 29.0 Å². The second-order valence-corrected chi connectivity index (χ2v) is 6.49. The summed E-state index contributed by atoms with van der Waals surface area (Å²) in [6, 6.07) is 6.69. The lowest BCUT2D eigenvalue weighted by molar-refractivity contribution is -0.116. The number of rotatable bonds is 5. The standard InChI is InChI=1S/C17H20N2O5S/c20-16(18-9-14-10-22-5-6-23-14)12-1-3-13(4-2-12)19-17(21)15-11-25-8-7-24-15/h1-4,11,14H,5-10H2,(H,18,20)(H,19,21)/t14-/m1/s1. The molecule has 134 valence electrons. The van der Waals surface area contributed by atoms with Gasteiger partial charge in [-0.2, -0.15) is 0 Å². The van der Waals surface area contributed by atoms with Crippen LogP contribution in [0.1, 0.15) is 10.4 Å². The summed E-state index contributed by atoms with van der Waals surface area (Å²) in [5.74, 6) is 0.673. The quantitative estimate of drug-likeness (QED) is 0.821. The third-order valence-electron chi connectivity index (χ3n) is 3.65. The molecular weight excluding hydrogens is 344 g/mol. The summed E-state index contributed by atoms with van der Waals surface area (Å²) in [5, 5.41) is 7.27. The number of carbonyl (C=O) groups is 2. The molecule has 2 N–H and O–H groups in total. The van der Waals surface area contributed by atoms with E-state index >= 15 is 0 Å². The van der Waals surface area contributed by atoms with E-state index in [0.717, 1.165) is 5.75 Å². The summed E-state index contributed by atoms with van der Waals surface area (Å²) >= 11 is 1.55. The van der Waals surface area contributed by atoms with Gasteiger partial charge in [-0.05, 0) is 24.3 Å². The first-order valence-corrected chi connectivity index (χ1v) is 9.11. The van der Waals surface area contributed by atoms with Crippen LogP contribution in [0.15, 0.2) is 35.4 Å². The predicted octanol–water partition coefficient (Wildman–Crippen LogP) is 1.38. The molecule has 1 atom stereocenters. The summed E-state index contributed by atoms with van der Waals surface area (Å²) in [7, 11) is 0. The van der Waals surface area contributed by atoms with E-state index in [-0.39, 0.29) is 17.9 Å². The van der Waals surface area contributed by atoms with Crippen molar-refractivity contribution in [2.24, 2.45) is 0 Å². The minimum atomic E-state index is -0.293. The zero-order chi connectivity index (χ0) is 17.5. The molecule has 0 saturated carbocycles. The molecule has 1 fully saturated rings. The fourth-order valence-electron chi connectivity index (χ4n) is 2.35. The van der Waals surface area contributed by atoms with E-state index in [2.05, 4.69) is 10.6 Å². The first kappa shape index (κ1) is 17.8. The Bertz CT molecular complexity index is 641. The molecule has 1 aromatic rings. The minimum absolute atomic E-state index is 0.113. The molecule has 2 heterocycles. The molecule has 1 saturated heterocycles. The highest BCUT2D eigenvalue weighted by atomic mass is 32.2. The summed E-state index contributed by atoms with van der Waals surface area (Å²) in [6.07, 6.45) is -0.113. The van der Waals surface area contributed by atoms with Gasteiger partial charge in [-0.15, -0.1) is 11.8 Å². The number of nitrogens with one attached hydrogen (secondary N) is 2. The fraction of sp³-hybridized carbons (Fsp3) is 0.412. The third-order valence-corrected chi connectivity index (χ3v) is 4.44. The molecule has 2 aliphatic heterocycles. The summed E-state index contributed by atoms with van der Waals surface area (Å²) in [4.78, 5) is 24.2. The Morgan fingerprint density at radius 2 is 1.96 bits per heavy atom. The first-order valence-electron chi connectivity index (χ1n) is 8.06. The van der Waals surface area contributed by atoms with Crippen molar-refractivity contribution in [3.8, 4) is 0 Å². The molecule has 3 rings (SSSR count). The molecule has 0 unspecified atom stereocenters. The molecule has 0 bridgehead atoms. The maximum atomic E-state index is 12.1. The van der Waals surface area contributed by atoms with E-state index < -0.39 is 0 Å². The second-order valence-electron chi connectivity index (χ2n) is 5.51. The van der Waals surface area contributed by atoms with Crippen molar-refractivity contribution in [2.45, 2.75) is 6.10 Å². The largest absolute Gasteiger partial charge is 0.487 e. The number of amides is 2. The van der Waals surface area contributed by atoms with Crippen LogP contribution in [0.2, 0.25) is 0 Å². The highest BCUT2D eigenvalue weighted by Gasteiger charge is 2.17. The van der Waals surface area contributed by atoms with Crippen LogP contribution in [0.4, 0.5) is 5.69 Å². The van der Waals surface area contributed by atoms with Gasteiger partial charge in [-0.1, -0.05) is 0 Å². The smallest absolute Gasteiger partial charge is 0.291 e. The zero-order valence-corrected chi connectivity index (χ0v) is 14.5. The van der Waals surface area contributed by atoms with Gasteiger partial charge in [0.2, 0.25) is 0 Å². The molecule has 0 radical (unpaired) electrons. The van der Waals surface area contributed by atoms with Crippen LogP contribution in [-0.2, 0) is 19.0 Å². The second kappa shape index (κ2) is 8.89. The Labute approximate surface area is 150 Å². The molecule has 7 nitrogen and oxygen atoms in total. The Morgan fingerprint density at radius 3 is 2.64 bits per heavy atom. The van der Waals surface area contributed by atoms with Crippen molar-refractivity contribution in [3.05, 3.63) is 41.0 Å². The topological polar surface area (TPSA) is 85.9 Å². The summed E-state index contributed by atoms with van der Waals surface area (Å²) in [6.45, 7) is 2.56. The van der Waals surface area contributed by atoms with E-state index in [1.807, 2.05) is 0 Å². The van der Waals surface area contributed by atoms with Crippen molar-refractivity contribution >= 4 is 29.3 Å². The number of thioether (sulfide) groups is 1. The fourth-order valence-corrected chi connectivity index (χ4v) is 2.97. The average molecular weight is 364 g/mol. The van der Waals surface area contributed by atoms with E-state index in [1.165, 1.54) is 0 Å². The van der Waals surface area contributed by atoms with Crippen molar-refractivity contribution in [2.75, 3.05) is 44.0 Å². The number of benzene rings is 1. The van der Waals surface area contributed by atoms with Gasteiger partial charge in [0.05, 0.1) is 32.5 Å². The Morgan fingerprint density at radius 1 is 1.12 bits per heavy atom. The van der Waals surface area contributed by atoms with E-state index in [1.54, 1.807) is 41.4 Å². The Balaban J connectivity index is 1.49. The molecule has 0 spiro atoms. The highest BCUT2D eigenvalue weighted by molar-refractivity contribution is 8.02. The SMILES string of the molecule is O=C(Nc1ccc(C(=O)NC[C@@H]2COCCO2)cc1)C1=CSCCO1. The van der Waals surface area contributed by atoms with Gasteiger partial charge in [-0.25, -0.2) is 0 Å². The van der Waals surface area contributed by atoms with E-state index in [9.17, 15) is 9.59 Å². The van der Waals surface area contributed by atoms with Crippen LogP contribution in [-0.4, -0.2) is 56.6 Å². The van der Waals surface area contributed by atoms with Crippen LogP contribution >= 0.6 is 11.8 Å². The number of anilines is 1. The summed E-state index contributed by atoms with van der Waals surface area (Å²) < 4.78 is 16.1. The summed E-state index contributed by atoms with van der Waals surface area (Å²) in [5.41, 5.74) is 1.11. The number of ether oxygens (including phenoxy) is 3. The van der Waals surface area contributed by atoms with E-state index in [4.69, 9.17) is 14.2 Å². The van der Waals surface area contributed by atoms with Crippen LogP contribution in [0.3, 0.4) is 0 Å². The Kier molecular flexibility index (Phi) is 6.32. The van der Waals surface area contributed by atoms with Crippen molar-refractivity contribution in [3.63, 3.8) is 0 Å². The van der Waals surface area contributed by atoms with Crippen molar-refractivity contribution in [1.82, 2.24) is 5.32 Å². The monoisotopic (exact) mass is 364 g/mol. The van der Waals surface area contributed by atoms with Gasteiger partial charge in [0.1, 0.15) is 0 Å². The van der Waals surface area contributed by atoms with Crippen LogP contribution in [0.25, 0.3) is 0 Å². The van der Waals surface area contributed by atoms with Gasteiger partial charge in [-0.3, -0.25) is 9.59 Å². The molecule has 25 heavy (non-hydrogen) atoms. The predicted molar refractivity (Wildman–Crippen MR) is 94.5 cm³/mol. The van der Waals surface area contributed by atoms with E-state index in [0.29, 0.717) is 50.0 Å². The van der Waals surface area contributed by atoms with Crippen LogP contribution < -0.4 is 10.6 Å². The molecule has 0 aromatic heterocycles. The third kappa shape index (κ3) is 5.22. The van der Waals surface area contributed by atoms with Gasteiger partial charge < -0.3 is 24.8 Å². The van der Waals surface area contributed by atoms with Gasteiger partial charge in [0.25, 0.3) is 11.8 Å². The molecule has 2 aliphatic rings. The molecule has 8 heteroatoms. The maximum Gasteiger partial charge on any atom is 0.291 e. The van der Waals surface area contributed by atoms with Gasteiger partial charge in [0.15, 0.2) is 5.76 Å². The average Bonchev–Trinajstić information content (AvgIpc) is 2.68. The lowest BCUT2D eigenvalue weighted by Crippen LogP contribution is -2.39. The minimum Gasteiger partial charge on any atom is -0.487 e. The normalized spacial score (nSPS) is 20.2. The molecular formula is C17H20N2O5S. The molecule has 0 aliphatic carbocycles. The molecule has 1 aromatic carbocycles. The zero-order valence-electron chi connectivity index (χ0n) is 13.7. The maximum absolute atomic E-state index is 12.1. The number of hydrogen-bond acceptors (Lipinski definition) is 6. The van der Waals surface area contributed by atoms with Crippen LogP contribution in [0.5, 0.6) is 0 Å². The van der Waals surface area contributed by atoms with Gasteiger partial charge >= 0.3 is 0 Å². The van der Waals surface area contributed by atoms with Crippen LogP contribution in [0, 0.1) is 0 Å².